The van der Waals surface area contributed by atoms with E-state index in [0.717, 1.165) is 5.56 Å². The number of hydrogen-bond acceptors (Lipinski definition) is 2. The van der Waals surface area contributed by atoms with Crippen molar-refractivity contribution in [3.8, 4) is 0 Å². The van der Waals surface area contributed by atoms with E-state index in [4.69, 9.17) is 5.73 Å². The monoisotopic (exact) mass is 177 g/mol. The number of Topliss-reactive ketones (excluding diaryl/α,β-unsaturated/α-hetero) is 1. The molecule has 0 fully saturated rings. The van der Waals surface area contributed by atoms with Gasteiger partial charge in [-0.15, -0.1) is 0 Å². The number of benzene rings is 1. The number of nitrogens with two attached hydrogens (primary N) is 1. The predicted molar refractivity (Wildman–Crippen MR) is 49.3 cm³/mol. The van der Waals surface area contributed by atoms with Gasteiger partial charge >= 0.3 is 0 Å². The van der Waals surface area contributed by atoms with Gasteiger partial charge in [0.25, 0.3) is 0 Å². The van der Waals surface area contributed by atoms with E-state index in [0.29, 0.717) is 12.0 Å². The van der Waals surface area contributed by atoms with Gasteiger partial charge in [-0.2, -0.15) is 0 Å². The van der Waals surface area contributed by atoms with Crippen LogP contribution in [0.1, 0.15) is 22.8 Å². The molecule has 0 spiro atoms. The van der Waals surface area contributed by atoms with Gasteiger partial charge in [0.1, 0.15) is 5.78 Å². The van der Waals surface area contributed by atoms with Crippen LogP contribution in [-0.4, -0.2) is 11.7 Å². The average molecular weight is 177 g/mol. The number of hydrogen-bond donors (Lipinski definition) is 1. The van der Waals surface area contributed by atoms with Crippen LogP contribution >= 0.6 is 0 Å². The molecule has 68 valence electrons. The van der Waals surface area contributed by atoms with Gasteiger partial charge in [0.15, 0.2) is 0 Å². The summed E-state index contributed by atoms with van der Waals surface area (Å²) in [6.07, 6.45) is 0.402. The Bertz CT molecular complexity index is 327. The van der Waals surface area contributed by atoms with Crippen molar-refractivity contribution in [2.24, 2.45) is 5.73 Å². The van der Waals surface area contributed by atoms with Crippen molar-refractivity contribution < 1.29 is 9.59 Å². The zero-order chi connectivity index (χ0) is 9.84. The van der Waals surface area contributed by atoms with Gasteiger partial charge in [-0.3, -0.25) is 9.59 Å². The van der Waals surface area contributed by atoms with Crippen molar-refractivity contribution in [1.29, 1.82) is 0 Å². The highest BCUT2D eigenvalue weighted by molar-refractivity contribution is 5.92. The summed E-state index contributed by atoms with van der Waals surface area (Å²) < 4.78 is 0. The maximum absolute atomic E-state index is 10.7. The summed E-state index contributed by atoms with van der Waals surface area (Å²) in [7, 11) is 0. The SMILES string of the molecule is CC(=O)Cc1ccc(C(N)=O)cc1. The van der Waals surface area contributed by atoms with Gasteiger partial charge in [0, 0.05) is 12.0 Å². The fraction of sp³-hybridized carbons (Fsp3) is 0.200. The zero-order valence-electron chi connectivity index (χ0n) is 7.41. The van der Waals surface area contributed by atoms with E-state index in [2.05, 4.69) is 0 Å². The number of carbonyl (C=O) groups excluding carboxylic acids is 2. The van der Waals surface area contributed by atoms with E-state index in [-0.39, 0.29) is 5.78 Å². The number of ketones is 1. The quantitative estimate of drug-likeness (QED) is 0.746. The van der Waals surface area contributed by atoms with Gasteiger partial charge in [-0.05, 0) is 24.6 Å². The summed E-state index contributed by atoms with van der Waals surface area (Å²) in [6.45, 7) is 1.53. The van der Waals surface area contributed by atoms with Gasteiger partial charge in [-0.25, -0.2) is 0 Å². The zero-order valence-corrected chi connectivity index (χ0v) is 7.41. The molecule has 0 aliphatic heterocycles. The molecular formula is C10H11NO2. The van der Waals surface area contributed by atoms with Crippen LogP contribution in [0.3, 0.4) is 0 Å². The molecule has 0 saturated heterocycles. The highest BCUT2D eigenvalue weighted by Gasteiger charge is 2.00. The molecule has 0 atom stereocenters. The summed E-state index contributed by atoms with van der Waals surface area (Å²) in [5.41, 5.74) is 6.42. The molecule has 1 amide bonds. The van der Waals surface area contributed by atoms with Gasteiger partial charge in [-0.1, -0.05) is 12.1 Å². The number of amides is 1. The summed E-state index contributed by atoms with van der Waals surface area (Å²) in [6, 6.07) is 6.73. The fourth-order valence-corrected chi connectivity index (χ4v) is 1.07. The third-order valence-electron chi connectivity index (χ3n) is 1.69. The third kappa shape index (κ3) is 2.71. The van der Waals surface area contributed by atoms with Crippen molar-refractivity contribution in [2.75, 3.05) is 0 Å². The Morgan fingerprint density at radius 1 is 1.23 bits per heavy atom. The third-order valence-corrected chi connectivity index (χ3v) is 1.69. The lowest BCUT2D eigenvalue weighted by atomic mass is 10.1. The molecule has 0 radical (unpaired) electrons. The van der Waals surface area contributed by atoms with Crippen LogP contribution in [0.4, 0.5) is 0 Å². The van der Waals surface area contributed by atoms with Gasteiger partial charge in [0.05, 0.1) is 0 Å². The lowest BCUT2D eigenvalue weighted by Crippen LogP contribution is -2.10. The normalized spacial score (nSPS) is 9.62. The number of rotatable bonds is 3. The van der Waals surface area contributed by atoms with Crippen LogP contribution < -0.4 is 5.73 Å². The molecule has 1 aromatic rings. The van der Waals surface area contributed by atoms with E-state index in [9.17, 15) is 9.59 Å². The van der Waals surface area contributed by atoms with E-state index in [1.807, 2.05) is 0 Å². The van der Waals surface area contributed by atoms with E-state index in [1.54, 1.807) is 24.3 Å². The minimum Gasteiger partial charge on any atom is -0.366 e. The van der Waals surface area contributed by atoms with Crippen molar-refractivity contribution in [3.63, 3.8) is 0 Å². The first-order chi connectivity index (χ1) is 6.09. The van der Waals surface area contributed by atoms with Crippen molar-refractivity contribution >= 4 is 11.7 Å². The average Bonchev–Trinajstić information content (AvgIpc) is 2.04. The lowest BCUT2D eigenvalue weighted by Gasteiger charge is -1.98. The maximum atomic E-state index is 10.7. The van der Waals surface area contributed by atoms with E-state index >= 15 is 0 Å². The van der Waals surface area contributed by atoms with Gasteiger partial charge in [0.2, 0.25) is 5.91 Å². The Kier molecular flexibility index (Phi) is 2.80. The minimum absolute atomic E-state index is 0.104. The molecule has 2 N–H and O–H groups in total. The van der Waals surface area contributed by atoms with E-state index < -0.39 is 5.91 Å². The second-order valence-electron chi connectivity index (χ2n) is 2.94. The number of carbonyl (C=O) groups is 2. The summed E-state index contributed by atoms with van der Waals surface area (Å²) in [4.78, 5) is 21.4. The Balaban J connectivity index is 2.81. The van der Waals surface area contributed by atoms with Crippen LogP contribution in [-0.2, 0) is 11.2 Å². The molecule has 1 rings (SSSR count). The molecule has 3 heteroatoms. The van der Waals surface area contributed by atoms with Crippen LogP contribution in [0.25, 0.3) is 0 Å². The molecule has 1 aromatic carbocycles. The molecule has 0 aliphatic rings. The largest absolute Gasteiger partial charge is 0.366 e. The van der Waals surface area contributed by atoms with Gasteiger partial charge < -0.3 is 5.73 Å². The summed E-state index contributed by atoms with van der Waals surface area (Å²) >= 11 is 0. The molecule has 0 unspecified atom stereocenters. The minimum atomic E-state index is -0.450. The topological polar surface area (TPSA) is 60.2 Å². The first kappa shape index (κ1) is 9.45. The highest BCUT2D eigenvalue weighted by Crippen LogP contribution is 2.04. The molecule has 3 nitrogen and oxygen atoms in total. The first-order valence-corrected chi connectivity index (χ1v) is 3.98. The Morgan fingerprint density at radius 2 is 1.77 bits per heavy atom. The van der Waals surface area contributed by atoms with Crippen molar-refractivity contribution in [3.05, 3.63) is 35.4 Å². The molecule has 0 aromatic heterocycles. The fourth-order valence-electron chi connectivity index (χ4n) is 1.07. The first-order valence-electron chi connectivity index (χ1n) is 3.98. The molecule has 13 heavy (non-hydrogen) atoms. The standard InChI is InChI=1S/C10H11NO2/c1-7(12)6-8-2-4-9(5-3-8)10(11)13/h2-5H,6H2,1H3,(H2,11,13). The van der Waals surface area contributed by atoms with Crippen LogP contribution in [0, 0.1) is 0 Å². The predicted octanol–water partition coefficient (Wildman–Crippen LogP) is 0.917. The molecule has 0 bridgehead atoms. The van der Waals surface area contributed by atoms with Crippen LogP contribution in [0.2, 0.25) is 0 Å². The Labute approximate surface area is 76.6 Å². The van der Waals surface area contributed by atoms with Crippen molar-refractivity contribution in [1.82, 2.24) is 0 Å². The van der Waals surface area contributed by atoms with E-state index in [1.165, 1.54) is 6.92 Å². The summed E-state index contributed by atoms with van der Waals surface area (Å²) in [5, 5.41) is 0. The molecule has 0 aliphatic carbocycles. The molecular weight excluding hydrogens is 166 g/mol. The Morgan fingerprint density at radius 3 is 2.15 bits per heavy atom. The maximum Gasteiger partial charge on any atom is 0.248 e. The summed E-state index contributed by atoms with van der Waals surface area (Å²) in [5.74, 6) is -0.346. The van der Waals surface area contributed by atoms with Crippen LogP contribution in [0.5, 0.6) is 0 Å². The number of primary amides is 1. The highest BCUT2D eigenvalue weighted by atomic mass is 16.1. The lowest BCUT2D eigenvalue weighted by molar-refractivity contribution is -0.116. The molecule has 0 saturated carbocycles. The van der Waals surface area contributed by atoms with Crippen molar-refractivity contribution in [2.45, 2.75) is 13.3 Å². The van der Waals surface area contributed by atoms with Crippen LogP contribution in [0.15, 0.2) is 24.3 Å². The Hall–Kier alpha value is -1.64. The second kappa shape index (κ2) is 3.85. The smallest absolute Gasteiger partial charge is 0.248 e. The molecule has 0 heterocycles. The second-order valence-corrected chi connectivity index (χ2v) is 2.94.